The van der Waals surface area contributed by atoms with E-state index in [1.54, 1.807) is 14.2 Å². The van der Waals surface area contributed by atoms with Gasteiger partial charge in [0.2, 0.25) is 0 Å². The van der Waals surface area contributed by atoms with Crippen molar-refractivity contribution in [2.24, 2.45) is 4.99 Å². The summed E-state index contributed by atoms with van der Waals surface area (Å²) in [7, 11) is 5.50. The number of halogens is 2. The fourth-order valence-corrected chi connectivity index (χ4v) is 3.13. The van der Waals surface area contributed by atoms with E-state index in [1.165, 1.54) is 5.56 Å². The molecule has 0 unspecified atom stereocenters. The number of ether oxygens (including phenoxy) is 1. The number of guanidine groups is 1. The average molecular weight is 506 g/mol. The third-order valence-electron chi connectivity index (χ3n) is 4.34. The van der Waals surface area contributed by atoms with Crippen molar-refractivity contribution in [1.29, 1.82) is 0 Å². The first-order valence-corrected chi connectivity index (χ1v) is 9.02. The molecule has 0 spiro atoms. The van der Waals surface area contributed by atoms with Gasteiger partial charge in [0.15, 0.2) is 5.96 Å². The molecular formula is C19H29ClIN5O. The van der Waals surface area contributed by atoms with E-state index in [0.717, 1.165) is 41.0 Å². The Morgan fingerprint density at radius 3 is 2.74 bits per heavy atom. The predicted octanol–water partition coefficient (Wildman–Crippen LogP) is 3.63. The number of benzene rings is 1. The molecule has 0 radical (unpaired) electrons. The van der Waals surface area contributed by atoms with Crippen LogP contribution in [0.1, 0.15) is 22.5 Å². The third-order valence-corrected chi connectivity index (χ3v) is 4.58. The molecule has 0 bridgehead atoms. The Hall–Kier alpha value is -1.32. The van der Waals surface area contributed by atoms with Crippen LogP contribution in [0.4, 0.5) is 0 Å². The molecule has 0 aliphatic rings. The topological polar surface area (TPSA) is 54.7 Å². The molecule has 1 heterocycles. The highest BCUT2D eigenvalue weighted by molar-refractivity contribution is 14.0. The maximum atomic E-state index is 6.07. The van der Waals surface area contributed by atoms with Crippen LogP contribution < -0.4 is 5.32 Å². The van der Waals surface area contributed by atoms with E-state index in [-0.39, 0.29) is 24.0 Å². The van der Waals surface area contributed by atoms with Crippen molar-refractivity contribution in [3.63, 3.8) is 0 Å². The smallest absolute Gasteiger partial charge is 0.193 e. The first-order valence-electron chi connectivity index (χ1n) is 8.64. The fourth-order valence-electron chi connectivity index (χ4n) is 2.92. The number of rotatable bonds is 7. The number of hydrogen-bond donors (Lipinski definition) is 1. The molecular weight excluding hydrogens is 477 g/mol. The summed E-state index contributed by atoms with van der Waals surface area (Å²) >= 11 is 6.07. The number of methoxy groups -OCH3 is 1. The summed E-state index contributed by atoms with van der Waals surface area (Å²) in [6.07, 6.45) is 0. The Kier molecular flexibility index (Phi) is 10.1. The van der Waals surface area contributed by atoms with Crippen molar-refractivity contribution in [3.05, 3.63) is 51.8 Å². The molecule has 0 fully saturated rings. The second kappa shape index (κ2) is 11.5. The predicted molar refractivity (Wildman–Crippen MR) is 122 cm³/mol. The van der Waals surface area contributed by atoms with Crippen LogP contribution >= 0.6 is 35.6 Å². The van der Waals surface area contributed by atoms with Crippen molar-refractivity contribution in [1.82, 2.24) is 20.0 Å². The Morgan fingerprint density at radius 2 is 2.11 bits per heavy atom. The van der Waals surface area contributed by atoms with Crippen LogP contribution in [0.2, 0.25) is 5.02 Å². The molecule has 0 aliphatic carbocycles. The molecule has 0 aliphatic heterocycles. The van der Waals surface area contributed by atoms with Gasteiger partial charge in [-0.05, 0) is 31.5 Å². The van der Waals surface area contributed by atoms with Crippen molar-refractivity contribution in [2.75, 3.05) is 27.8 Å². The van der Waals surface area contributed by atoms with Crippen LogP contribution in [0.15, 0.2) is 29.3 Å². The minimum Gasteiger partial charge on any atom is -0.383 e. The zero-order chi connectivity index (χ0) is 19.1. The minimum absolute atomic E-state index is 0. The maximum Gasteiger partial charge on any atom is 0.193 e. The molecule has 0 saturated carbocycles. The van der Waals surface area contributed by atoms with Gasteiger partial charge in [0, 0.05) is 50.6 Å². The molecule has 1 aromatic carbocycles. The van der Waals surface area contributed by atoms with E-state index in [4.69, 9.17) is 16.3 Å². The van der Waals surface area contributed by atoms with E-state index < -0.39 is 0 Å². The summed E-state index contributed by atoms with van der Waals surface area (Å²) in [4.78, 5) is 6.46. The van der Waals surface area contributed by atoms with Gasteiger partial charge in [-0.2, -0.15) is 5.10 Å². The molecule has 8 heteroatoms. The summed E-state index contributed by atoms with van der Waals surface area (Å²) in [5, 5.41) is 8.78. The van der Waals surface area contributed by atoms with Gasteiger partial charge in [-0.3, -0.25) is 9.67 Å². The number of nitrogens with one attached hydrogen (secondary N) is 1. The van der Waals surface area contributed by atoms with Crippen LogP contribution in [-0.4, -0.2) is 48.5 Å². The number of aliphatic imine (C=N–C) groups is 1. The molecule has 0 saturated heterocycles. The quantitative estimate of drug-likeness (QED) is 0.355. The number of aromatic nitrogens is 2. The molecule has 6 nitrogen and oxygen atoms in total. The van der Waals surface area contributed by atoms with Gasteiger partial charge in [0.1, 0.15) is 0 Å². The van der Waals surface area contributed by atoms with Crippen molar-refractivity contribution >= 4 is 41.5 Å². The zero-order valence-electron chi connectivity index (χ0n) is 16.6. The van der Waals surface area contributed by atoms with Crippen LogP contribution in [-0.2, 0) is 24.4 Å². The van der Waals surface area contributed by atoms with Gasteiger partial charge >= 0.3 is 0 Å². The fraction of sp³-hybridized carbons (Fsp3) is 0.474. The van der Waals surface area contributed by atoms with Gasteiger partial charge in [-0.25, -0.2) is 0 Å². The second-order valence-corrected chi connectivity index (χ2v) is 6.69. The maximum absolute atomic E-state index is 6.07. The Labute approximate surface area is 184 Å². The van der Waals surface area contributed by atoms with E-state index in [0.29, 0.717) is 13.2 Å². The second-order valence-electron chi connectivity index (χ2n) is 6.25. The van der Waals surface area contributed by atoms with Gasteiger partial charge in [-0.1, -0.05) is 23.7 Å². The summed E-state index contributed by atoms with van der Waals surface area (Å²) in [5.41, 5.74) is 4.51. The number of aryl methyl sites for hydroxylation is 1. The van der Waals surface area contributed by atoms with Crippen LogP contribution in [0, 0.1) is 13.8 Å². The third kappa shape index (κ3) is 6.65. The Bertz CT molecular complexity index is 763. The minimum atomic E-state index is 0. The zero-order valence-corrected chi connectivity index (χ0v) is 19.7. The lowest BCUT2D eigenvalue weighted by Gasteiger charge is -2.22. The van der Waals surface area contributed by atoms with Crippen LogP contribution in [0.3, 0.4) is 0 Å². The van der Waals surface area contributed by atoms with E-state index in [2.05, 4.69) is 33.3 Å². The number of hydrogen-bond acceptors (Lipinski definition) is 3. The van der Waals surface area contributed by atoms with Gasteiger partial charge in [0.25, 0.3) is 0 Å². The van der Waals surface area contributed by atoms with E-state index >= 15 is 0 Å². The molecule has 1 aromatic heterocycles. The van der Waals surface area contributed by atoms with Crippen molar-refractivity contribution in [3.8, 4) is 0 Å². The monoisotopic (exact) mass is 505 g/mol. The molecule has 0 amide bonds. The number of nitrogens with zero attached hydrogens (tertiary/aromatic N) is 4. The highest BCUT2D eigenvalue weighted by atomic mass is 127. The Balaban J connectivity index is 0.00000364. The SMILES string of the molecule is CN=C(NCc1c(C)nn(CCOC)c1C)N(C)Cc1cccc(Cl)c1.I. The summed E-state index contributed by atoms with van der Waals surface area (Å²) in [6.45, 7) is 6.94. The van der Waals surface area contributed by atoms with Gasteiger partial charge < -0.3 is 15.0 Å². The first kappa shape index (κ1) is 23.7. The normalized spacial score (nSPS) is 11.3. The molecule has 2 aromatic rings. The summed E-state index contributed by atoms with van der Waals surface area (Å²) < 4.78 is 7.14. The standard InChI is InChI=1S/C19H28ClN5O.HI/c1-14-18(15(2)25(23-14)9-10-26-5)12-22-19(21-3)24(4)13-16-7-6-8-17(20)11-16;/h6-8,11H,9-10,12-13H2,1-5H3,(H,21,22);1H. The molecule has 1 N–H and O–H groups in total. The summed E-state index contributed by atoms with van der Waals surface area (Å²) in [6, 6.07) is 7.87. The first-order chi connectivity index (χ1) is 12.5. The van der Waals surface area contributed by atoms with Gasteiger partial charge in [0.05, 0.1) is 18.8 Å². The lowest BCUT2D eigenvalue weighted by atomic mass is 10.2. The highest BCUT2D eigenvalue weighted by Crippen LogP contribution is 2.14. The largest absolute Gasteiger partial charge is 0.383 e. The van der Waals surface area contributed by atoms with Crippen LogP contribution in [0.5, 0.6) is 0 Å². The Morgan fingerprint density at radius 1 is 1.37 bits per heavy atom. The van der Waals surface area contributed by atoms with Crippen molar-refractivity contribution < 1.29 is 4.74 Å². The molecule has 0 atom stereocenters. The lowest BCUT2D eigenvalue weighted by Crippen LogP contribution is -2.38. The highest BCUT2D eigenvalue weighted by Gasteiger charge is 2.13. The van der Waals surface area contributed by atoms with E-state index in [1.807, 2.05) is 36.9 Å². The van der Waals surface area contributed by atoms with Crippen LogP contribution in [0.25, 0.3) is 0 Å². The van der Waals surface area contributed by atoms with Crippen molar-refractivity contribution in [2.45, 2.75) is 33.5 Å². The summed E-state index contributed by atoms with van der Waals surface area (Å²) in [5.74, 6) is 0.827. The van der Waals surface area contributed by atoms with E-state index in [9.17, 15) is 0 Å². The molecule has 150 valence electrons. The molecule has 2 rings (SSSR count). The van der Waals surface area contributed by atoms with Gasteiger partial charge in [-0.15, -0.1) is 24.0 Å². The molecule has 27 heavy (non-hydrogen) atoms. The lowest BCUT2D eigenvalue weighted by molar-refractivity contribution is 0.182. The average Bonchev–Trinajstić information content (AvgIpc) is 2.87.